The second kappa shape index (κ2) is 10.8. The second-order valence-electron chi connectivity index (χ2n) is 7.97. The van der Waals surface area contributed by atoms with Crippen LogP contribution < -0.4 is 19.7 Å². The Balaban J connectivity index is 1.65. The number of anilines is 1. The second-order valence-corrected chi connectivity index (χ2v) is 8.82. The first-order chi connectivity index (χ1) is 17.3. The number of ether oxygens (including phenoxy) is 2. The van der Waals surface area contributed by atoms with E-state index in [1.165, 1.54) is 18.2 Å². The third-order valence-corrected chi connectivity index (χ3v) is 5.87. The molecule has 184 valence electrons. The van der Waals surface area contributed by atoms with Crippen molar-refractivity contribution in [3.05, 3.63) is 93.0 Å². The zero-order valence-electron chi connectivity index (χ0n) is 19.5. The van der Waals surface area contributed by atoms with Gasteiger partial charge in [-0.25, -0.2) is 9.69 Å². The van der Waals surface area contributed by atoms with Crippen LogP contribution in [0.4, 0.5) is 10.5 Å². The number of aryl methyl sites for hydroxylation is 1. The number of rotatable bonds is 7. The van der Waals surface area contributed by atoms with Crippen molar-refractivity contribution >= 4 is 52.8 Å². The number of urea groups is 1. The maximum Gasteiger partial charge on any atom is 0.335 e. The van der Waals surface area contributed by atoms with Crippen LogP contribution >= 0.6 is 23.2 Å². The highest BCUT2D eigenvalue weighted by Crippen LogP contribution is 2.38. The van der Waals surface area contributed by atoms with Crippen molar-refractivity contribution in [3.63, 3.8) is 0 Å². The van der Waals surface area contributed by atoms with E-state index in [1.807, 2.05) is 38.1 Å². The Hall–Kier alpha value is -3.81. The van der Waals surface area contributed by atoms with Crippen LogP contribution in [-0.2, 0) is 16.2 Å². The van der Waals surface area contributed by atoms with E-state index in [4.69, 9.17) is 32.7 Å². The monoisotopic (exact) mass is 524 g/mol. The van der Waals surface area contributed by atoms with Crippen LogP contribution in [0.25, 0.3) is 6.08 Å². The van der Waals surface area contributed by atoms with E-state index in [-0.39, 0.29) is 22.9 Å². The largest absolute Gasteiger partial charge is 0.490 e. The maximum absolute atomic E-state index is 13.1. The van der Waals surface area contributed by atoms with Gasteiger partial charge in [-0.15, -0.1) is 0 Å². The fourth-order valence-electron chi connectivity index (χ4n) is 3.56. The van der Waals surface area contributed by atoms with Crippen molar-refractivity contribution in [2.75, 3.05) is 11.5 Å². The van der Waals surface area contributed by atoms with Crippen molar-refractivity contribution in [2.45, 2.75) is 20.5 Å². The summed E-state index contributed by atoms with van der Waals surface area (Å²) in [4.78, 5) is 38.9. The minimum atomic E-state index is -0.850. The summed E-state index contributed by atoms with van der Waals surface area (Å²) in [5, 5.41) is 2.88. The molecule has 0 aromatic heterocycles. The molecule has 1 heterocycles. The summed E-state index contributed by atoms with van der Waals surface area (Å²) in [5.41, 5.74) is 2.56. The topological polar surface area (TPSA) is 84.9 Å². The lowest BCUT2D eigenvalue weighted by molar-refractivity contribution is -0.122. The van der Waals surface area contributed by atoms with Gasteiger partial charge in [-0.05, 0) is 67.4 Å². The summed E-state index contributed by atoms with van der Waals surface area (Å²) in [6, 6.07) is 16.3. The van der Waals surface area contributed by atoms with E-state index in [0.29, 0.717) is 28.7 Å². The first kappa shape index (κ1) is 25.3. The molecule has 1 fully saturated rings. The Morgan fingerprint density at radius 1 is 0.944 bits per heavy atom. The molecular formula is C27H22Cl2N2O5. The van der Waals surface area contributed by atoms with E-state index in [1.54, 1.807) is 24.3 Å². The molecular weight excluding hydrogens is 503 g/mol. The first-order valence-electron chi connectivity index (χ1n) is 11.1. The fraction of sp³-hybridized carbons (Fsp3) is 0.148. The lowest BCUT2D eigenvalue weighted by Gasteiger charge is -2.26. The molecule has 0 radical (unpaired) electrons. The highest BCUT2D eigenvalue weighted by Gasteiger charge is 2.36. The fourth-order valence-corrected chi connectivity index (χ4v) is 3.96. The van der Waals surface area contributed by atoms with Crippen LogP contribution in [0, 0.1) is 6.92 Å². The number of hydrogen-bond donors (Lipinski definition) is 1. The van der Waals surface area contributed by atoms with Crippen molar-refractivity contribution in [2.24, 2.45) is 0 Å². The molecule has 0 unspecified atom stereocenters. The van der Waals surface area contributed by atoms with Crippen LogP contribution in [-0.4, -0.2) is 24.5 Å². The average molecular weight is 525 g/mol. The van der Waals surface area contributed by atoms with E-state index in [0.717, 1.165) is 16.0 Å². The molecule has 0 bridgehead atoms. The van der Waals surface area contributed by atoms with Gasteiger partial charge in [0.15, 0.2) is 11.5 Å². The van der Waals surface area contributed by atoms with Gasteiger partial charge in [-0.1, -0.05) is 53.0 Å². The predicted octanol–water partition coefficient (Wildman–Crippen LogP) is 5.95. The normalized spacial score (nSPS) is 14.7. The first-order valence-corrected chi connectivity index (χ1v) is 11.8. The minimum Gasteiger partial charge on any atom is -0.490 e. The highest BCUT2D eigenvalue weighted by molar-refractivity contribution is 6.39. The number of amides is 4. The van der Waals surface area contributed by atoms with Gasteiger partial charge in [0.2, 0.25) is 0 Å². The number of carbonyl (C=O) groups is 3. The molecule has 3 aromatic rings. The maximum atomic E-state index is 13.1. The number of carbonyl (C=O) groups excluding carboxylic acids is 3. The summed E-state index contributed by atoms with van der Waals surface area (Å²) >= 11 is 12.4. The van der Waals surface area contributed by atoms with Gasteiger partial charge in [0, 0.05) is 5.02 Å². The zero-order valence-corrected chi connectivity index (χ0v) is 21.0. The lowest BCUT2D eigenvalue weighted by Crippen LogP contribution is -2.54. The van der Waals surface area contributed by atoms with Gasteiger partial charge in [0.05, 0.1) is 17.3 Å². The van der Waals surface area contributed by atoms with Gasteiger partial charge < -0.3 is 9.47 Å². The van der Waals surface area contributed by atoms with Gasteiger partial charge >= 0.3 is 6.03 Å². The summed E-state index contributed by atoms with van der Waals surface area (Å²) in [6.07, 6.45) is 1.35. The van der Waals surface area contributed by atoms with Crippen LogP contribution in [0.3, 0.4) is 0 Å². The summed E-state index contributed by atoms with van der Waals surface area (Å²) in [5.74, 6) is -0.888. The lowest BCUT2D eigenvalue weighted by atomic mass is 10.1. The number of halogens is 2. The number of benzene rings is 3. The Morgan fingerprint density at radius 3 is 2.31 bits per heavy atom. The summed E-state index contributed by atoms with van der Waals surface area (Å²) in [6.45, 7) is 4.44. The Labute approximate surface area is 218 Å². The van der Waals surface area contributed by atoms with Gasteiger partial charge in [0.25, 0.3) is 11.8 Å². The molecule has 4 amide bonds. The molecule has 36 heavy (non-hydrogen) atoms. The number of imide groups is 2. The van der Waals surface area contributed by atoms with Gasteiger partial charge in [0.1, 0.15) is 12.2 Å². The van der Waals surface area contributed by atoms with E-state index in [2.05, 4.69) is 5.32 Å². The Kier molecular flexibility index (Phi) is 7.62. The smallest absolute Gasteiger partial charge is 0.335 e. The highest BCUT2D eigenvalue weighted by atomic mass is 35.5. The SMILES string of the molecule is CCOc1cc(C=C2C(=O)NC(=O)N(c3ccc(Cl)cc3)C2=O)cc(Cl)c1OCc1ccc(C)cc1. The van der Waals surface area contributed by atoms with E-state index >= 15 is 0 Å². The van der Waals surface area contributed by atoms with Crippen LogP contribution in [0.5, 0.6) is 11.5 Å². The molecule has 1 N–H and O–H groups in total. The molecule has 4 rings (SSSR count). The molecule has 1 saturated heterocycles. The molecule has 7 nitrogen and oxygen atoms in total. The molecule has 0 saturated carbocycles. The predicted molar refractivity (Wildman–Crippen MR) is 139 cm³/mol. The average Bonchev–Trinajstić information content (AvgIpc) is 2.83. The van der Waals surface area contributed by atoms with Crippen molar-refractivity contribution in [1.82, 2.24) is 5.32 Å². The molecule has 0 aliphatic carbocycles. The summed E-state index contributed by atoms with van der Waals surface area (Å²) < 4.78 is 11.7. The molecule has 3 aromatic carbocycles. The molecule has 0 spiro atoms. The van der Waals surface area contributed by atoms with E-state index in [9.17, 15) is 14.4 Å². The third-order valence-electron chi connectivity index (χ3n) is 5.33. The quantitative estimate of drug-likeness (QED) is 0.305. The summed E-state index contributed by atoms with van der Waals surface area (Å²) in [7, 11) is 0. The molecule has 0 atom stereocenters. The number of nitrogens with one attached hydrogen (secondary N) is 1. The molecule has 1 aliphatic heterocycles. The Morgan fingerprint density at radius 2 is 1.64 bits per heavy atom. The standard InChI is InChI=1S/C27H22Cl2N2O5/c1-3-35-23-14-18(13-22(29)24(23)36-15-17-6-4-16(2)5-7-17)12-21-25(32)30-27(34)31(26(21)33)20-10-8-19(28)9-11-20/h4-14H,3,15H2,1-2H3,(H,30,32,34). The van der Waals surface area contributed by atoms with Gasteiger partial charge in [-0.3, -0.25) is 14.9 Å². The number of nitrogens with zero attached hydrogens (tertiary/aromatic N) is 1. The van der Waals surface area contributed by atoms with Crippen LogP contribution in [0.1, 0.15) is 23.6 Å². The zero-order chi connectivity index (χ0) is 25.8. The minimum absolute atomic E-state index is 0.239. The number of barbiturate groups is 1. The van der Waals surface area contributed by atoms with Crippen molar-refractivity contribution in [1.29, 1.82) is 0 Å². The van der Waals surface area contributed by atoms with E-state index < -0.39 is 17.8 Å². The molecule has 1 aliphatic rings. The van der Waals surface area contributed by atoms with Crippen molar-refractivity contribution < 1.29 is 23.9 Å². The third kappa shape index (κ3) is 5.53. The van der Waals surface area contributed by atoms with Crippen LogP contribution in [0.15, 0.2) is 66.2 Å². The van der Waals surface area contributed by atoms with Gasteiger partial charge in [-0.2, -0.15) is 0 Å². The van der Waals surface area contributed by atoms with Crippen molar-refractivity contribution in [3.8, 4) is 11.5 Å². The Bertz CT molecular complexity index is 1350. The molecule has 9 heteroatoms. The van der Waals surface area contributed by atoms with Crippen LogP contribution in [0.2, 0.25) is 10.0 Å². The number of hydrogen-bond acceptors (Lipinski definition) is 5.